The van der Waals surface area contributed by atoms with Crippen LogP contribution in [0.25, 0.3) is 0 Å². The van der Waals surface area contributed by atoms with Gasteiger partial charge >= 0.3 is 6.09 Å². The van der Waals surface area contributed by atoms with Gasteiger partial charge in [-0.05, 0) is 61.3 Å². The molecule has 172 valence electrons. The van der Waals surface area contributed by atoms with E-state index in [0.29, 0.717) is 24.2 Å². The number of aliphatic hydroxyl groups excluding tert-OH is 1. The van der Waals surface area contributed by atoms with Gasteiger partial charge in [0.15, 0.2) is 0 Å². The number of hydrogen-bond acceptors (Lipinski definition) is 5. The van der Waals surface area contributed by atoms with E-state index >= 15 is 0 Å². The number of carbonyl (C=O) groups is 2. The molecule has 1 unspecified atom stereocenters. The number of aliphatic hydroxyl groups is 1. The molecule has 1 saturated heterocycles. The van der Waals surface area contributed by atoms with Crippen molar-refractivity contribution in [3.8, 4) is 0 Å². The van der Waals surface area contributed by atoms with Crippen LogP contribution in [0.5, 0.6) is 0 Å². The summed E-state index contributed by atoms with van der Waals surface area (Å²) >= 11 is 0. The van der Waals surface area contributed by atoms with Gasteiger partial charge in [0, 0.05) is 31.3 Å². The minimum absolute atomic E-state index is 0.0524. The standard InChI is InChI=1S/C25H37NO5/c1-13(12-27)15-6-7-16-20-17(8-9-24(15,16)2)25(3)14(10-18(28)21-22(25)31-21)11-19(20)30-23(29)26(4)5/h11-13,15-22,28H,6-10H2,1-5H3/t13?,15-,16+,17+,18-,19-,20+,21+,22+,24-,25+/m1/s1. The van der Waals surface area contributed by atoms with E-state index in [9.17, 15) is 14.7 Å². The molecule has 11 atom stereocenters. The SMILES string of the molecule is CC(C=O)[C@H]1CC[C@H]2[C@@H]3[C@H](OC(=O)N(C)C)C=C4C[C@@H](O)[C@@H]5O[C@@H]5[C@]4(C)[C@H]3CC[C@]12C. The molecule has 0 aromatic heterocycles. The van der Waals surface area contributed by atoms with Gasteiger partial charge in [0.25, 0.3) is 0 Å². The van der Waals surface area contributed by atoms with Crippen LogP contribution in [0.4, 0.5) is 4.79 Å². The van der Waals surface area contributed by atoms with Crippen LogP contribution in [-0.2, 0) is 14.3 Å². The number of aldehydes is 1. The first kappa shape index (κ1) is 21.4. The molecule has 31 heavy (non-hydrogen) atoms. The molecule has 6 heteroatoms. The quantitative estimate of drug-likeness (QED) is 0.421. The fourth-order valence-corrected chi connectivity index (χ4v) is 8.34. The molecule has 0 aromatic carbocycles. The highest BCUT2D eigenvalue weighted by Gasteiger charge is 2.69. The van der Waals surface area contributed by atoms with Crippen LogP contribution in [0.3, 0.4) is 0 Å². The molecule has 0 radical (unpaired) electrons. The number of fused-ring (bicyclic) bond motifs is 7. The first-order valence-corrected chi connectivity index (χ1v) is 12.0. The van der Waals surface area contributed by atoms with Crippen LogP contribution in [0, 0.1) is 40.4 Å². The maximum absolute atomic E-state index is 12.6. The largest absolute Gasteiger partial charge is 0.442 e. The molecule has 3 saturated carbocycles. The predicted octanol–water partition coefficient (Wildman–Crippen LogP) is 3.43. The van der Waals surface area contributed by atoms with Crippen LogP contribution in [0.15, 0.2) is 11.6 Å². The Morgan fingerprint density at radius 3 is 2.71 bits per heavy atom. The minimum Gasteiger partial charge on any atom is -0.442 e. The van der Waals surface area contributed by atoms with Gasteiger partial charge in [-0.25, -0.2) is 4.79 Å². The van der Waals surface area contributed by atoms with Gasteiger partial charge in [-0.2, -0.15) is 0 Å². The Kier molecular flexibility index (Phi) is 4.88. The van der Waals surface area contributed by atoms with Crippen molar-refractivity contribution in [2.24, 2.45) is 40.4 Å². The molecular weight excluding hydrogens is 394 g/mol. The van der Waals surface area contributed by atoms with Crippen molar-refractivity contribution in [2.75, 3.05) is 14.1 Å². The van der Waals surface area contributed by atoms with Crippen LogP contribution < -0.4 is 0 Å². The fourth-order valence-electron chi connectivity index (χ4n) is 8.34. The third-order valence-electron chi connectivity index (χ3n) is 9.99. The van der Waals surface area contributed by atoms with E-state index in [4.69, 9.17) is 9.47 Å². The summed E-state index contributed by atoms with van der Waals surface area (Å²) in [5, 5.41) is 10.5. The molecule has 1 N–H and O–H groups in total. The van der Waals surface area contributed by atoms with Crippen LogP contribution in [-0.4, -0.2) is 60.9 Å². The Hall–Kier alpha value is -1.40. The average molecular weight is 432 g/mol. The molecule has 0 aromatic rings. The normalized spacial score (nSPS) is 50.7. The lowest BCUT2D eigenvalue weighted by Gasteiger charge is -2.58. The maximum Gasteiger partial charge on any atom is 0.409 e. The van der Waals surface area contributed by atoms with E-state index in [1.54, 1.807) is 14.1 Å². The molecule has 6 nitrogen and oxygen atoms in total. The van der Waals surface area contributed by atoms with E-state index in [1.165, 1.54) is 10.5 Å². The number of epoxide rings is 1. The number of ether oxygens (including phenoxy) is 2. The number of hydrogen-bond donors (Lipinski definition) is 1. The van der Waals surface area contributed by atoms with Gasteiger partial charge in [0.2, 0.25) is 0 Å². The lowest BCUT2D eigenvalue weighted by Crippen LogP contribution is -2.58. The summed E-state index contributed by atoms with van der Waals surface area (Å²) in [6.45, 7) is 6.76. The van der Waals surface area contributed by atoms with E-state index < -0.39 is 6.10 Å². The van der Waals surface area contributed by atoms with Gasteiger partial charge in [-0.3, -0.25) is 0 Å². The lowest BCUT2D eigenvalue weighted by molar-refractivity contribution is -0.118. The van der Waals surface area contributed by atoms with Crippen molar-refractivity contribution < 1.29 is 24.2 Å². The Morgan fingerprint density at radius 2 is 2.03 bits per heavy atom. The minimum atomic E-state index is -0.468. The number of carbonyl (C=O) groups excluding carboxylic acids is 2. The van der Waals surface area contributed by atoms with E-state index in [0.717, 1.165) is 32.0 Å². The monoisotopic (exact) mass is 431 g/mol. The summed E-state index contributed by atoms with van der Waals surface area (Å²) in [6.07, 6.45) is 7.11. The highest BCUT2D eigenvalue weighted by molar-refractivity contribution is 5.67. The highest BCUT2D eigenvalue weighted by atomic mass is 16.6. The third-order valence-corrected chi connectivity index (χ3v) is 9.99. The van der Waals surface area contributed by atoms with E-state index in [-0.39, 0.29) is 47.1 Å². The summed E-state index contributed by atoms with van der Waals surface area (Å²) in [5.41, 5.74) is 1.19. The highest BCUT2D eigenvalue weighted by Crippen LogP contribution is 2.69. The molecule has 5 rings (SSSR count). The molecule has 0 bridgehead atoms. The molecule has 0 spiro atoms. The van der Waals surface area contributed by atoms with Crippen molar-refractivity contribution in [3.63, 3.8) is 0 Å². The Bertz CT molecular complexity index is 810. The van der Waals surface area contributed by atoms with Gasteiger partial charge in [-0.1, -0.05) is 26.3 Å². The zero-order valence-electron chi connectivity index (χ0n) is 19.4. The van der Waals surface area contributed by atoms with Crippen molar-refractivity contribution >= 4 is 12.4 Å². The van der Waals surface area contributed by atoms with Crippen molar-refractivity contribution in [3.05, 3.63) is 11.6 Å². The zero-order valence-corrected chi connectivity index (χ0v) is 19.4. The summed E-state index contributed by atoms with van der Waals surface area (Å²) in [4.78, 5) is 25.8. The first-order valence-electron chi connectivity index (χ1n) is 12.0. The smallest absolute Gasteiger partial charge is 0.409 e. The molecule has 1 heterocycles. The molecular formula is C25H37NO5. The summed E-state index contributed by atoms with van der Waals surface area (Å²) < 4.78 is 12.1. The van der Waals surface area contributed by atoms with Crippen molar-refractivity contribution in [1.29, 1.82) is 0 Å². The number of rotatable bonds is 3. The second-order valence-corrected chi connectivity index (χ2v) is 11.5. The number of amides is 1. The summed E-state index contributed by atoms with van der Waals surface area (Å²) in [5.74, 6) is 1.44. The maximum atomic E-state index is 12.6. The van der Waals surface area contributed by atoms with Crippen LogP contribution >= 0.6 is 0 Å². The van der Waals surface area contributed by atoms with Gasteiger partial charge in [-0.15, -0.1) is 0 Å². The van der Waals surface area contributed by atoms with E-state index in [1.807, 2.05) is 0 Å². The second-order valence-electron chi connectivity index (χ2n) is 11.5. The summed E-state index contributed by atoms with van der Waals surface area (Å²) in [7, 11) is 3.44. The Balaban J connectivity index is 1.56. The topological polar surface area (TPSA) is 79.4 Å². The molecule has 1 aliphatic heterocycles. The Labute approximate surface area is 185 Å². The van der Waals surface area contributed by atoms with E-state index in [2.05, 4.69) is 26.8 Å². The van der Waals surface area contributed by atoms with Crippen LogP contribution in [0.1, 0.15) is 52.9 Å². The van der Waals surface area contributed by atoms with Gasteiger partial charge in [0.05, 0.1) is 12.2 Å². The predicted molar refractivity (Wildman–Crippen MR) is 115 cm³/mol. The van der Waals surface area contributed by atoms with Gasteiger partial charge in [0.1, 0.15) is 18.5 Å². The first-order chi connectivity index (χ1) is 14.6. The molecule has 1 amide bonds. The zero-order chi connectivity index (χ0) is 22.3. The van der Waals surface area contributed by atoms with Crippen LogP contribution in [0.2, 0.25) is 0 Å². The molecule has 4 aliphatic carbocycles. The Morgan fingerprint density at radius 1 is 1.29 bits per heavy atom. The molecule has 5 aliphatic rings. The number of nitrogens with zero attached hydrogens (tertiary/aromatic N) is 1. The van der Waals surface area contributed by atoms with Gasteiger partial charge < -0.3 is 24.3 Å². The van der Waals surface area contributed by atoms with Crippen molar-refractivity contribution in [1.82, 2.24) is 4.90 Å². The van der Waals surface area contributed by atoms with Crippen molar-refractivity contribution in [2.45, 2.75) is 77.3 Å². The second kappa shape index (κ2) is 7.05. The summed E-state index contributed by atoms with van der Waals surface area (Å²) in [6, 6.07) is 0. The lowest BCUT2D eigenvalue weighted by atomic mass is 9.46. The average Bonchev–Trinajstić information content (AvgIpc) is 3.47. The fraction of sp³-hybridized carbons (Fsp3) is 0.840. The molecule has 4 fully saturated rings. The third kappa shape index (κ3) is 2.90.